The molecule has 1 aliphatic rings. The molecule has 0 heterocycles. The van der Waals surface area contributed by atoms with Crippen LogP contribution < -0.4 is 10.5 Å². The minimum atomic E-state index is 0.341. The molecule has 94 valence electrons. The van der Waals surface area contributed by atoms with Crippen LogP contribution in [0.15, 0.2) is 30.3 Å². The van der Waals surface area contributed by atoms with Crippen LogP contribution in [0.2, 0.25) is 0 Å². The second-order valence-corrected chi connectivity index (χ2v) is 5.46. The van der Waals surface area contributed by atoms with Gasteiger partial charge in [-0.05, 0) is 49.3 Å². The molecule has 2 heteroatoms. The summed E-state index contributed by atoms with van der Waals surface area (Å²) in [5.74, 6) is 1.79. The van der Waals surface area contributed by atoms with E-state index in [2.05, 4.69) is 6.92 Å². The van der Waals surface area contributed by atoms with E-state index in [-0.39, 0.29) is 0 Å². The van der Waals surface area contributed by atoms with Crippen LogP contribution in [0.25, 0.3) is 0 Å². The smallest absolute Gasteiger partial charge is 0.119 e. The van der Waals surface area contributed by atoms with E-state index in [4.69, 9.17) is 10.5 Å². The molecule has 0 aromatic heterocycles. The summed E-state index contributed by atoms with van der Waals surface area (Å²) in [5.41, 5.74) is 6.30. The van der Waals surface area contributed by atoms with Gasteiger partial charge >= 0.3 is 0 Å². The Balaban J connectivity index is 1.81. The van der Waals surface area contributed by atoms with Gasteiger partial charge < -0.3 is 10.5 Å². The highest BCUT2D eigenvalue weighted by Crippen LogP contribution is 2.43. The van der Waals surface area contributed by atoms with Crippen molar-refractivity contribution in [3.8, 4) is 5.75 Å². The summed E-state index contributed by atoms with van der Waals surface area (Å²) in [7, 11) is 0. The number of hydrogen-bond donors (Lipinski definition) is 1. The third-order valence-corrected chi connectivity index (χ3v) is 4.03. The predicted molar refractivity (Wildman–Crippen MR) is 71.1 cm³/mol. The quantitative estimate of drug-likeness (QED) is 0.847. The lowest BCUT2D eigenvalue weighted by Gasteiger charge is -2.27. The maximum Gasteiger partial charge on any atom is 0.119 e. The van der Waals surface area contributed by atoms with Crippen molar-refractivity contribution in [2.75, 3.05) is 13.2 Å². The largest absolute Gasteiger partial charge is 0.494 e. The molecule has 2 nitrogen and oxygen atoms in total. The Morgan fingerprint density at radius 1 is 1.35 bits per heavy atom. The van der Waals surface area contributed by atoms with Crippen molar-refractivity contribution in [1.29, 1.82) is 0 Å². The van der Waals surface area contributed by atoms with E-state index < -0.39 is 0 Å². The fourth-order valence-electron chi connectivity index (χ4n) is 2.91. The minimum Gasteiger partial charge on any atom is -0.494 e. The summed E-state index contributed by atoms with van der Waals surface area (Å²) < 4.78 is 5.77. The van der Waals surface area contributed by atoms with E-state index >= 15 is 0 Å². The van der Waals surface area contributed by atoms with Gasteiger partial charge in [0.2, 0.25) is 0 Å². The molecule has 0 saturated heterocycles. The third-order valence-electron chi connectivity index (χ3n) is 4.03. The summed E-state index contributed by atoms with van der Waals surface area (Å²) in [4.78, 5) is 0. The van der Waals surface area contributed by atoms with Crippen molar-refractivity contribution < 1.29 is 4.74 Å². The molecule has 2 unspecified atom stereocenters. The van der Waals surface area contributed by atoms with E-state index in [1.807, 2.05) is 30.3 Å². The molecular formula is C15H23NO. The van der Waals surface area contributed by atoms with Gasteiger partial charge in [0.05, 0.1) is 6.61 Å². The van der Waals surface area contributed by atoms with Crippen LogP contribution in [0.4, 0.5) is 0 Å². The second kappa shape index (κ2) is 5.54. The molecule has 17 heavy (non-hydrogen) atoms. The molecular weight excluding hydrogens is 210 g/mol. The molecule has 1 aromatic carbocycles. The van der Waals surface area contributed by atoms with Gasteiger partial charge in [0.25, 0.3) is 0 Å². The summed E-state index contributed by atoms with van der Waals surface area (Å²) in [5, 5.41) is 0. The van der Waals surface area contributed by atoms with Gasteiger partial charge in [0.15, 0.2) is 0 Å². The Hall–Kier alpha value is -1.02. The zero-order chi connectivity index (χ0) is 12.1. The van der Waals surface area contributed by atoms with E-state index in [0.717, 1.165) is 31.2 Å². The molecule has 0 bridgehead atoms. The fourth-order valence-corrected chi connectivity index (χ4v) is 2.91. The van der Waals surface area contributed by atoms with Gasteiger partial charge in [0, 0.05) is 0 Å². The first-order chi connectivity index (χ1) is 8.24. The van der Waals surface area contributed by atoms with E-state index in [1.54, 1.807) is 0 Å². The SMILES string of the molecule is CC1CCC(CN)(CCOc2ccccc2)C1. The zero-order valence-corrected chi connectivity index (χ0v) is 10.7. The van der Waals surface area contributed by atoms with Gasteiger partial charge in [-0.1, -0.05) is 31.5 Å². The number of nitrogens with two attached hydrogens (primary N) is 1. The van der Waals surface area contributed by atoms with Crippen LogP contribution in [0, 0.1) is 11.3 Å². The monoisotopic (exact) mass is 233 g/mol. The first-order valence-electron chi connectivity index (χ1n) is 6.62. The van der Waals surface area contributed by atoms with E-state index in [9.17, 15) is 0 Å². The van der Waals surface area contributed by atoms with Crippen LogP contribution in [0.5, 0.6) is 5.75 Å². The fraction of sp³-hybridized carbons (Fsp3) is 0.600. The zero-order valence-electron chi connectivity index (χ0n) is 10.7. The van der Waals surface area contributed by atoms with Crippen molar-refractivity contribution in [2.24, 2.45) is 17.1 Å². The molecule has 2 N–H and O–H groups in total. The summed E-state index contributed by atoms with van der Waals surface area (Å²) in [6.45, 7) is 3.92. The Morgan fingerprint density at radius 3 is 2.71 bits per heavy atom. The van der Waals surface area contributed by atoms with Crippen molar-refractivity contribution >= 4 is 0 Å². The standard InChI is InChI=1S/C15H23NO/c1-13-7-8-15(11-13,12-16)9-10-17-14-5-3-2-4-6-14/h2-6,13H,7-12,16H2,1H3. The van der Waals surface area contributed by atoms with Crippen LogP contribution >= 0.6 is 0 Å². The number of rotatable bonds is 5. The predicted octanol–water partition coefficient (Wildman–Crippen LogP) is 3.22. The summed E-state index contributed by atoms with van der Waals surface area (Å²) >= 11 is 0. The molecule has 1 saturated carbocycles. The van der Waals surface area contributed by atoms with Gasteiger partial charge in [-0.2, -0.15) is 0 Å². The van der Waals surface area contributed by atoms with Crippen LogP contribution in [0.1, 0.15) is 32.6 Å². The lowest BCUT2D eigenvalue weighted by molar-refractivity contribution is 0.200. The summed E-state index contributed by atoms with van der Waals surface area (Å²) in [6, 6.07) is 10.0. The average molecular weight is 233 g/mol. The third kappa shape index (κ3) is 3.22. The number of para-hydroxylation sites is 1. The molecule has 2 atom stereocenters. The number of ether oxygens (including phenoxy) is 1. The highest BCUT2D eigenvalue weighted by molar-refractivity contribution is 5.20. The number of benzene rings is 1. The lowest BCUT2D eigenvalue weighted by Crippen LogP contribution is -2.29. The normalized spacial score (nSPS) is 28.2. The van der Waals surface area contributed by atoms with Crippen molar-refractivity contribution in [3.05, 3.63) is 30.3 Å². The van der Waals surface area contributed by atoms with Crippen molar-refractivity contribution in [3.63, 3.8) is 0 Å². The van der Waals surface area contributed by atoms with Crippen LogP contribution in [-0.4, -0.2) is 13.2 Å². The average Bonchev–Trinajstić information content (AvgIpc) is 2.73. The van der Waals surface area contributed by atoms with Crippen LogP contribution in [-0.2, 0) is 0 Å². The Morgan fingerprint density at radius 2 is 2.12 bits per heavy atom. The molecule has 0 spiro atoms. The van der Waals surface area contributed by atoms with Gasteiger partial charge in [-0.15, -0.1) is 0 Å². The molecule has 1 fully saturated rings. The Kier molecular flexibility index (Phi) is 4.06. The molecule has 2 rings (SSSR count). The lowest BCUT2D eigenvalue weighted by atomic mass is 9.82. The molecule has 1 aliphatic carbocycles. The number of hydrogen-bond acceptors (Lipinski definition) is 2. The minimum absolute atomic E-state index is 0.341. The van der Waals surface area contributed by atoms with Crippen molar-refractivity contribution in [1.82, 2.24) is 0 Å². The van der Waals surface area contributed by atoms with Gasteiger partial charge in [-0.25, -0.2) is 0 Å². The van der Waals surface area contributed by atoms with Crippen molar-refractivity contribution in [2.45, 2.75) is 32.6 Å². The molecule has 0 amide bonds. The molecule has 0 aliphatic heterocycles. The molecule has 1 aromatic rings. The Labute approximate surface area is 104 Å². The highest BCUT2D eigenvalue weighted by atomic mass is 16.5. The maximum absolute atomic E-state index is 5.95. The topological polar surface area (TPSA) is 35.2 Å². The Bertz CT molecular complexity index is 338. The molecule has 0 radical (unpaired) electrons. The highest BCUT2D eigenvalue weighted by Gasteiger charge is 2.35. The first-order valence-corrected chi connectivity index (χ1v) is 6.62. The summed E-state index contributed by atoms with van der Waals surface area (Å²) in [6.07, 6.45) is 4.94. The maximum atomic E-state index is 5.95. The van der Waals surface area contributed by atoms with E-state index in [1.165, 1.54) is 19.3 Å². The van der Waals surface area contributed by atoms with Gasteiger partial charge in [0.1, 0.15) is 5.75 Å². The van der Waals surface area contributed by atoms with E-state index in [0.29, 0.717) is 5.41 Å². The van der Waals surface area contributed by atoms with Gasteiger partial charge in [-0.3, -0.25) is 0 Å². The van der Waals surface area contributed by atoms with Crippen LogP contribution in [0.3, 0.4) is 0 Å². The first kappa shape index (κ1) is 12.4. The second-order valence-electron chi connectivity index (χ2n) is 5.46.